The highest BCUT2D eigenvalue weighted by Crippen LogP contribution is 2.28. The first-order valence-electron chi connectivity index (χ1n) is 10.2. The number of furan rings is 1. The topological polar surface area (TPSA) is 78.9 Å². The van der Waals surface area contributed by atoms with Crippen LogP contribution in [0, 0.1) is 0 Å². The van der Waals surface area contributed by atoms with Crippen molar-refractivity contribution in [3.8, 4) is 22.8 Å². The number of hydrogen-bond acceptors (Lipinski definition) is 7. The Bertz CT molecular complexity index is 1630. The van der Waals surface area contributed by atoms with Crippen LogP contribution in [0.15, 0.2) is 68.3 Å². The van der Waals surface area contributed by atoms with Crippen LogP contribution in [0.1, 0.15) is 17.1 Å². The standard InChI is InChI=1S/C25H18BrN3O4S/c1-31-20-9-6-15(12-21(20)32-2)7-11-23-27-25-29(28-23)24(30)22(34-25)14-18-8-10-19(33-18)16-4-3-5-17(26)13-16/h3-14H,1-2H3/b11-7+,22-14-. The van der Waals surface area contributed by atoms with Gasteiger partial charge in [-0.1, -0.05) is 51.5 Å². The summed E-state index contributed by atoms with van der Waals surface area (Å²) < 4.78 is 19.3. The molecule has 170 valence electrons. The zero-order valence-electron chi connectivity index (χ0n) is 18.2. The molecule has 0 amide bonds. The van der Waals surface area contributed by atoms with E-state index in [0.29, 0.717) is 32.6 Å². The van der Waals surface area contributed by atoms with E-state index in [2.05, 4.69) is 26.0 Å². The highest BCUT2D eigenvalue weighted by molar-refractivity contribution is 9.10. The summed E-state index contributed by atoms with van der Waals surface area (Å²) in [6, 6.07) is 17.1. The Morgan fingerprint density at radius 2 is 1.88 bits per heavy atom. The number of nitrogens with zero attached hydrogens (tertiary/aromatic N) is 3. The lowest BCUT2D eigenvalue weighted by molar-refractivity contribution is 0.355. The summed E-state index contributed by atoms with van der Waals surface area (Å²) in [5.74, 6) is 3.04. The predicted molar refractivity (Wildman–Crippen MR) is 136 cm³/mol. The van der Waals surface area contributed by atoms with Crippen molar-refractivity contribution in [1.29, 1.82) is 0 Å². The second kappa shape index (κ2) is 9.28. The lowest BCUT2D eigenvalue weighted by Gasteiger charge is -2.07. The van der Waals surface area contributed by atoms with Gasteiger partial charge >= 0.3 is 0 Å². The van der Waals surface area contributed by atoms with Gasteiger partial charge in [0.1, 0.15) is 16.1 Å². The van der Waals surface area contributed by atoms with Gasteiger partial charge in [-0.05, 0) is 48.0 Å². The highest BCUT2D eigenvalue weighted by atomic mass is 79.9. The molecule has 0 saturated heterocycles. The molecule has 0 aliphatic heterocycles. The van der Waals surface area contributed by atoms with E-state index in [9.17, 15) is 4.79 Å². The van der Waals surface area contributed by atoms with Crippen LogP contribution in [0.3, 0.4) is 0 Å². The van der Waals surface area contributed by atoms with Gasteiger partial charge in [0.2, 0.25) is 4.96 Å². The van der Waals surface area contributed by atoms with Gasteiger partial charge in [0.25, 0.3) is 5.56 Å². The molecule has 3 aromatic heterocycles. The van der Waals surface area contributed by atoms with Crippen molar-refractivity contribution >= 4 is 50.5 Å². The van der Waals surface area contributed by atoms with E-state index in [1.165, 1.54) is 15.9 Å². The van der Waals surface area contributed by atoms with Crippen LogP contribution in [-0.2, 0) is 0 Å². The SMILES string of the molecule is COc1ccc(/C=C/c2nc3s/c(=C\c4ccc(-c5cccc(Br)c5)o4)c(=O)n3n2)cc1OC. The molecule has 0 aliphatic rings. The minimum atomic E-state index is -0.237. The molecule has 5 rings (SSSR count). The second-order valence-corrected chi connectivity index (χ2v) is 9.17. The van der Waals surface area contributed by atoms with E-state index < -0.39 is 0 Å². The van der Waals surface area contributed by atoms with Crippen molar-refractivity contribution < 1.29 is 13.9 Å². The van der Waals surface area contributed by atoms with Crippen LogP contribution >= 0.6 is 27.3 Å². The highest BCUT2D eigenvalue weighted by Gasteiger charge is 2.11. The maximum Gasteiger partial charge on any atom is 0.291 e. The molecule has 2 aromatic carbocycles. The molecule has 0 spiro atoms. The fourth-order valence-corrected chi connectivity index (χ4v) is 4.70. The van der Waals surface area contributed by atoms with E-state index >= 15 is 0 Å². The molecule has 0 unspecified atom stereocenters. The molecule has 0 aliphatic carbocycles. The molecule has 0 radical (unpaired) electrons. The summed E-state index contributed by atoms with van der Waals surface area (Å²) >= 11 is 4.73. The third-order valence-electron chi connectivity index (χ3n) is 5.04. The van der Waals surface area contributed by atoms with Crippen molar-refractivity contribution in [3.63, 3.8) is 0 Å². The van der Waals surface area contributed by atoms with Gasteiger partial charge in [0.15, 0.2) is 17.3 Å². The van der Waals surface area contributed by atoms with Crippen LogP contribution in [-0.4, -0.2) is 28.8 Å². The zero-order chi connectivity index (χ0) is 23.7. The minimum Gasteiger partial charge on any atom is -0.493 e. The molecule has 5 aromatic rings. The maximum absolute atomic E-state index is 12.8. The average Bonchev–Trinajstić information content (AvgIpc) is 3.55. The lowest BCUT2D eigenvalue weighted by atomic mass is 10.2. The average molecular weight is 536 g/mol. The summed E-state index contributed by atoms with van der Waals surface area (Å²) in [6.07, 6.45) is 5.32. The Labute approximate surface area is 206 Å². The molecule has 0 fully saturated rings. The molecule has 3 heterocycles. The smallest absolute Gasteiger partial charge is 0.291 e. The summed E-state index contributed by atoms with van der Waals surface area (Å²) in [5.41, 5.74) is 1.61. The number of rotatable bonds is 6. The molecule has 9 heteroatoms. The predicted octanol–water partition coefficient (Wildman–Crippen LogP) is 4.91. The Hall–Kier alpha value is -3.69. The van der Waals surface area contributed by atoms with Gasteiger partial charge in [-0.2, -0.15) is 9.50 Å². The van der Waals surface area contributed by atoms with E-state index in [1.54, 1.807) is 26.4 Å². The van der Waals surface area contributed by atoms with Crippen molar-refractivity contribution in [3.05, 3.63) is 91.1 Å². The summed E-state index contributed by atoms with van der Waals surface area (Å²) in [4.78, 5) is 17.8. The van der Waals surface area contributed by atoms with Gasteiger partial charge in [0.05, 0.1) is 14.2 Å². The Morgan fingerprint density at radius 3 is 2.65 bits per heavy atom. The number of methoxy groups -OCH3 is 2. The first kappa shape index (κ1) is 22.1. The number of fused-ring (bicyclic) bond motifs is 1. The number of ether oxygens (including phenoxy) is 2. The van der Waals surface area contributed by atoms with Crippen molar-refractivity contribution in [2.75, 3.05) is 14.2 Å². The van der Waals surface area contributed by atoms with E-state index in [4.69, 9.17) is 13.9 Å². The molecule has 7 nitrogen and oxygen atoms in total. The Morgan fingerprint density at radius 1 is 1.03 bits per heavy atom. The Kier molecular flexibility index (Phi) is 6.04. The van der Waals surface area contributed by atoms with Crippen molar-refractivity contribution in [2.24, 2.45) is 0 Å². The summed E-state index contributed by atoms with van der Waals surface area (Å²) in [7, 11) is 3.18. The fourth-order valence-electron chi connectivity index (χ4n) is 3.40. The van der Waals surface area contributed by atoms with E-state index in [1.807, 2.05) is 60.7 Å². The second-order valence-electron chi connectivity index (χ2n) is 7.24. The van der Waals surface area contributed by atoms with Gasteiger partial charge in [-0.3, -0.25) is 4.79 Å². The third kappa shape index (κ3) is 4.40. The monoisotopic (exact) mass is 535 g/mol. The van der Waals surface area contributed by atoms with E-state index in [-0.39, 0.29) is 5.56 Å². The molecule has 0 saturated carbocycles. The molecular formula is C25H18BrN3O4S. The van der Waals surface area contributed by atoms with Crippen LogP contribution in [0.25, 0.3) is 34.5 Å². The van der Waals surface area contributed by atoms with Gasteiger partial charge in [-0.15, -0.1) is 5.10 Å². The van der Waals surface area contributed by atoms with Crippen LogP contribution in [0.4, 0.5) is 0 Å². The van der Waals surface area contributed by atoms with Gasteiger partial charge in [-0.25, -0.2) is 0 Å². The molecule has 0 N–H and O–H groups in total. The van der Waals surface area contributed by atoms with E-state index in [0.717, 1.165) is 21.4 Å². The van der Waals surface area contributed by atoms with Crippen molar-refractivity contribution in [1.82, 2.24) is 14.6 Å². The first-order valence-corrected chi connectivity index (χ1v) is 11.8. The fraction of sp³-hybridized carbons (Fsp3) is 0.0800. The normalized spacial score (nSPS) is 12.1. The minimum absolute atomic E-state index is 0.237. The molecular weight excluding hydrogens is 518 g/mol. The lowest BCUT2D eigenvalue weighted by Crippen LogP contribution is -2.23. The third-order valence-corrected chi connectivity index (χ3v) is 6.49. The summed E-state index contributed by atoms with van der Waals surface area (Å²) in [5, 5.41) is 4.33. The number of halogens is 1. The summed E-state index contributed by atoms with van der Waals surface area (Å²) in [6.45, 7) is 0. The molecule has 0 atom stereocenters. The zero-order valence-corrected chi connectivity index (χ0v) is 20.6. The van der Waals surface area contributed by atoms with Crippen molar-refractivity contribution in [2.45, 2.75) is 0 Å². The molecule has 0 bridgehead atoms. The van der Waals surface area contributed by atoms with Gasteiger partial charge < -0.3 is 13.9 Å². The number of aromatic nitrogens is 3. The van der Waals surface area contributed by atoms with Gasteiger partial charge in [0, 0.05) is 16.1 Å². The quantitative estimate of drug-likeness (QED) is 0.307. The number of hydrogen-bond donors (Lipinski definition) is 0. The first-order chi connectivity index (χ1) is 16.5. The van der Waals surface area contributed by atoms with Crippen LogP contribution in [0.5, 0.6) is 11.5 Å². The van der Waals surface area contributed by atoms with Crippen LogP contribution in [0.2, 0.25) is 0 Å². The molecule has 34 heavy (non-hydrogen) atoms. The maximum atomic E-state index is 12.8. The number of thiazole rings is 1. The van der Waals surface area contributed by atoms with Crippen LogP contribution < -0.4 is 19.6 Å². The number of benzene rings is 2. The largest absolute Gasteiger partial charge is 0.493 e. The Balaban J connectivity index is 1.41.